The molecule has 0 heterocycles. The second-order valence-corrected chi connectivity index (χ2v) is 6.03. The van der Waals surface area contributed by atoms with Crippen LogP contribution in [0.3, 0.4) is 0 Å². The zero-order chi connectivity index (χ0) is 12.9. The summed E-state index contributed by atoms with van der Waals surface area (Å²) in [5.41, 5.74) is 5.77. The SMILES string of the molecule is CC(C)(CN)CCCSc1ccc(F)cc1F. The van der Waals surface area contributed by atoms with Crippen molar-refractivity contribution < 1.29 is 8.78 Å². The predicted octanol–water partition coefficient (Wildman–Crippen LogP) is 3.82. The van der Waals surface area contributed by atoms with Gasteiger partial charge in [0.1, 0.15) is 11.6 Å². The Morgan fingerprint density at radius 1 is 1.29 bits per heavy atom. The Labute approximate surface area is 106 Å². The van der Waals surface area contributed by atoms with Crippen molar-refractivity contribution in [3.8, 4) is 0 Å². The quantitative estimate of drug-likeness (QED) is 0.621. The van der Waals surface area contributed by atoms with Crippen LogP contribution in [-0.4, -0.2) is 12.3 Å². The van der Waals surface area contributed by atoms with Crippen LogP contribution in [-0.2, 0) is 0 Å². The number of hydrogen-bond donors (Lipinski definition) is 1. The van der Waals surface area contributed by atoms with Gasteiger partial charge in [-0.3, -0.25) is 0 Å². The molecule has 0 aliphatic rings. The Hall–Kier alpha value is -0.610. The van der Waals surface area contributed by atoms with Gasteiger partial charge in [-0.2, -0.15) is 0 Å². The fraction of sp³-hybridized carbons (Fsp3) is 0.538. The second kappa shape index (κ2) is 6.36. The van der Waals surface area contributed by atoms with Crippen LogP contribution in [0, 0.1) is 17.0 Å². The first kappa shape index (κ1) is 14.5. The summed E-state index contributed by atoms with van der Waals surface area (Å²) in [4.78, 5) is 0.511. The summed E-state index contributed by atoms with van der Waals surface area (Å²) in [5.74, 6) is -0.185. The molecule has 1 aromatic carbocycles. The van der Waals surface area contributed by atoms with Gasteiger partial charge < -0.3 is 5.73 Å². The lowest BCUT2D eigenvalue weighted by molar-refractivity contribution is 0.345. The molecule has 1 rings (SSSR count). The van der Waals surface area contributed by atoms with Gasteiger partial charge in [-0.05, 0) is 42.7 Å². The van der Waals surface area contributed by atoms with Crippen molar-refractivity contribution >= 4 is 11.8 Å². The maximum atomic E-state index is 13.3. The highest BCUT2D eigenvalue weighted by atomic mass is 32.2. The zero-order valence-corrected chi connectivity index (χ0v) is 11.1. The molecule has 0 atom stereocenters. The number of halogens is 2. The van der Waals surface area contributed by atoms with E-state index in [1.807, 2.05) is 0 Å². The molecular formula is C13H19F2NS. The average molecular weight is 259 g/mol. The lowest BCUT2D eigenvalue weighted by Crippen LogP contribution is -2.23. The van der Waals surface area contributed by atoms with Crippen molar-refractivity contribution in [3.05, 3.63) is 29.8 Å². The molecule has 0 aliphatic carbocycles. The van der Waals surface area contributed by atoms with E-state index in [9.17, 15) is 8.78 Å². The maximum Gasteiger partial charge on any atom is 0.139 e. The fourth-order valence-electron chi connectivity index (χ4n) is 1.43. The van der Waals surface area contributed by atoms with Gasteiger partial charge in [0.15, 0.2) is 0 Å². The third-order valence-corrected chi connectivity index (χ3v) is 3.84. The Morgan fingerprint density at radius 3 is 2.59 bits per heavy atom. The van der Waals surface area contributed by atoms with Crippen LogP contribution >= 0.6 is 11.8 Å². The Morgan fingerprint density at radius 2 is 2.00 bits per heavy atom. The van der Waals surface area contributed by atoms with Crippen LogP contribution in [0.4, 0.5) is 8.78 Å². The van der Waals surface area contributed by atoms with Crippen LogP contribution in [0.15, 0.2) is 23.1 Å². The summed E-state index contributed by atoms with van der Waals surface area (Å²) in [6.07, 6.45) is 1.99. The second-order valence-electron chi connectivity index (χ2n) is 4.90. The molecular weight excluding hydrogens is 240 g/mol. The molecule has 0 saturated heterocycles. The van der Waals surface area contributed by atoms with Crippen molar-refractivity contribution in [2.45, 2.75) is 31.6 Å². The molecule has 2 N–H and O–H groups in total. The Kier molecular flexibility index (Phi) is 5.40. The topological polar surface area (TPSA) is 26.0 Å². The molecule has 1 nitrogen and oxygen atoms in total. The lowest BCUT2D eigenvalue weighted by Gasteiger charge is -2.21. The molecule has 4 heteroatoms. The van der Waals surface area contributed by atoms with Gasteiger partial charge in [0, 0.05) is 11.0 Å². The van der Waals surface area contributed by atoms with Gasteiger partial charge >= 0.3 is 0 Å². The van der Waals surface area contributed by atoms with Gasteiger partial charge in [-0.25, -0.2) is 8.78 Å². The number of benzene rings is 1. The lowest BCUT2D eigenvalue weighted by atomic mass is 9.88. The zero-order valence-electron chi connectivity index (χ0n) is 10.3. The monoisotopic (exact) mass is 259 g/mol. The van der Waals surface area contributed by atoms with Crippen LogP contribution in [0.2, 0.25) is 0 Å². The third-order valence-electron chi connectivity index (χ3n) is 2.70. The first-order valence-electron chi connectivity index (χ1n) is 5.72. The summed E-state index contributed by atoms with van der Waals surface area (Å²) in [6.45, 7) is 4.90. The first-order valence-corrected chi connectivity index (χ1v) is 6.71. The van der Waals surface area contributed by atoms with Crippen LogP contribution in [0.5, 0.6) is 0 Å². The van der Waals surface area contributed by atoms with E-state index >= 15 is 0 Å². The molecule has 17 heavy (non-hydrogen) atoms. The molecule has 0 bridgehead atoms. The highest BCUT2D eigenvalue weighted by Crippen LogP contribution is 2.26. The normalized spacial score (nSPS) is 11.8. The molecule has 0 aliphatic heterocycles. The van der Waals surface area contributed by atoms with Crippen LogP contribution in [0.1, 0.15) is 26.7 Å². The number of nitrogens with two attached hydrogens (primary N) is 1. The predicted molar refractivity (Wildman–Crippen MR) is 69.2 cm³/mol. The molecule has 0 aromatic heterocycles. The van der Waals surface area contributed by atoms with E-state index in [4.69, 9.17) is 5.73 Å². The van der Waals surface area contributed by atoms with E-state index in [1.165, 1.54) is 23.9 Å². The van der Waals surface area contributed by atoms with Gasteiger partial charge in [0.05, 0.1) is 0 Å². The summed E-state index contributed by atoms with van der Waals surface area (Å²) in [5, 5.41) is 0. The van der Waals surface area contributed by atoms with Gasteiger partial charge in [-0.15, -0.1) is 11.8 Å². The molecule has 0 spiro atoms. The summed E-state index contributed by atoms with van der Waals surface area (Å²) in [6, 6.07) is 3.70. The summed E-state index contributed by atoms with van der Waals surface area (Å²) in [7, 11) is 0. The molecule has 0 unspecified atom stereocenters. The minimum Gasteiger partial charge on any atom is -0.330 e. The van der Waals surface area contributed by atoms with Crippen LogP contribution in [0.25, 0.3) is 0 Å². The number of thioether (sulfide) groups is 1. The molecule has 0 radical (unpaired) electrons. The Bertz CT molecular complexity index is 366. The smallest absolute Gasteiger partial charge is 0.139 e. The van der Waals surface area contributed by atoms with Crippen molar-refractivity contribution in [2.75, 3.05) is 12.3 Å². The minimum absolute atomic E-state index is 0.141. The highest BCUT2D eigenvalue weighted by Gasteiger charge is 2.14. The molecule has 96 valence electrons. The van der Waals surface area contributed by atoms with Gasteiger partial charge in [-0.1, -0.05) is 13.8 Å². The van der Waals surface area contributed by atoms with E-state index in [0.29, 0.717) is 11.4 Å². The van der Waals surface area contributed by atoms with Crippen molar-refractivity contribution in [1.29, 1.82) is 0 Å². The maximum absolute atomic E-state index is 13.3. The highest BCUT2D eigenvalue weighted by molar-refractivity contribution is 7.99. The summed E-state index contributed by atoms with van der Waals surface area (Å²) >= 11 is 1.42. The Balaban J connectivity index is 2.36. The van der Waals surface area contributed by atoms with Crippen LogP contribution < -0.4 is 5.73 Å². The van der Waals surface area contributed by atoms with Crippen molar-refractivity contribution in [1.82, 2.24) is 0 Å². The number of rotatable bonds is 6. The number of hydrogen-bond acceptors (Lipinski definition) is 2. The minimum atomic E-state index is -0.531. The van der Waals surface area contributed by atoms with E-state index < -0.39 is 11.6 Å². The van der Waals surface area contributed by atoms with E-state index in [2.05, 4.69) is 13.8 Å². The largest absolute Gasteiger partial charge is 0.330 e. The van der Waals surface area contributed by atoms with Crippen molar-refractivity contribution in [3.63, 3.8) is 0 Å². The molecule has 0 saturated carbocycles. The molecule has 0 amide bonds. The standard InChI is InChI=1S/C13H19F2NS/c1-13(2,9-16)6-3-7-17-12-5-4-10(14)8-11(12)15/h4-5,8H,3,6-7,9,16H2,1-2H3. The van der Waals surface area contributed by atoms with E-state index in [-0.39, 0.29) is 5.41 Å². The fourth-order valence-corrected chi connectivity index (χ4v) is 2.30. The summed E-state index contributed by atoms with van der Waals surface area (Å²) < 4.78 is 26.0. The first-order chi connectivity index (χ1) is 7.94. The van der Waals surface area contributed by atoms with E-state index in [1.54, 1.807) is 0 Å². The van der Waals surface area contributed by atoms with Gasteiger partial charge in [0.2, 0.25) is 0 Å². The molecule has 1 aromatic rings. The average Bonchev–Trinajstić information content (AvgIpc) is 2.27. The molecule has 0 fully saturated rings. The van der Waals surface area contributed by atoms with Crippen molar-refractivity contribution in [2.24, 2.45) is 11.1 Å². The van der Waals surface area contributed by atoms with Gasteiger partial charge in [0.25, 0.3) is 0 Å². The third kappa shape index (κ3) is 5.04. The van der Waals surface area contributed by atoms with E-state index in [0.717, 1.165) is 24.7 Å².